The molecule has 8 heteroatoms. The second kappa shape index (κ2) is 9.67. The monoisotopic (exact) mass is 465 g/mol. The fourth-order valence-corrected chi connectivity index (χ4v) is 4.47. The molecule has 0 spiro atoms. The first-order valence-corrected chi connectivity index (χ1v) is 11.5. The second-order valence-electron chi connectivity index (χ2n) is 8.45. The SMILES string of the molecule is CC(=O)Nc1c(C)nn(-c2ccccc2)c1N1CCC(C(=O)Nc2ccc(C)cc2Cl)CC1. The number of hydrogen-bond donors (Lipinski definition) is 2. The summed E-state index contributed by atoms with van der Waals surface area (Å²) in [5, 5.41) is 11.2. The lowest BCUT2D eigenvalue weighted by Crippen LogP contribution is -2.39. The number of carbonyl (C=O) groups excluding carboxylic acids is 2. The highest BCUT2D eigenvalue weighted by Crippen LogP contribution is 2.35. The number of amides is 2. The lowest BCUT2D eigenvalue weighted by Gasteiger charge is -2.33. The standard InChI is InChI=1S/C25H28ClN5O2/c1-16-9-10-22(21(26)15-16)28-24(33)19-11-13-30(14-12-19)25-23(27-18(3)32)17(2)29-31(25)20-7-5-4-6-8-20/h4-10,15,19H,11-14H2,1-3H3,(H,27,32)(H,28,33). The lowest BCUT2D eigenvalue weighted by atomic mass is 9.95. The molecule has 2 heterocycles. The summed E-state index contributed by atoms with van der Waals surface area (Å²) in [5.74, 6) is 0.567. The third-order valence-electron chi connectivity index (χ3n) is 5.89. The topological polar surface area (TPSA) is 79.3 Å². The van der Waals surface area contributed by atoms with E-state index in [1.165, 1.54) is 6.92 Å². The number of para-hydroxylation sites is 1. The van der Waals surface area contributed by atoms with E-state index in [0.717, 1.165) is 22.8 Å². The maximum absolute atomic E-state index is 12.9. The summed E-state index contributed by atoms with van der Waals surface area (Å²) < 4.78 is 1.87. The van der Waals surface area contributed by atoms with Crippen LogP contribution < -0.4 is 15.5 Å². The van der Waals surface area contributed by atoms with Gasteiger partial charge in [-0.1, -0.05) is 35.9 Å². The maximum atomic E-state index is 12.9. The van der Waals surface area contributed by atoms with Crippen LogP contribution in [0.25, 0.3) is 5.69 Å². The normalized spacial score (nSPS) is 14.2. The largest absolute Gasteiger partial charge is 0.355 e. The Morgan fingerprint density at radius 3 is 2.36 bits per heavy atom. The van der Waals surface area contributed by atoms with Crippen molar-refractivity contribution in [1.82, 2.24) is 9.78 Å². The van der Waals surface area contributed by atoms with Gasteiger partial charge < -0.3 is 15.5 Å². The third kappa shape index (κ3) is 5.03. The van der Waals surface area contributed by atoms with Crippen LogP contribution in [0.15, 0.2) is 48.5 Å². The summed E-state index contributed by atoms with van der Waals surface area (Å²) in [5.41, 5.74) is 4.06. The number of halogens is 1. The van der Waals surface area contributed by atoms with Crippen molar-refractivity contribution in [2.45, 2.75) is 33.6 Å². The van der Waals surface area contributed by atoms with Gasteiger partial charge in [-0.15, -0.1) is 0 Å². The van der Waals surface area contributed by atoms with Crippen LogP contribution in [0, 0.1) is 19.8 Å². The van der Waals surface area contributed by atoms with Gasteiger partial charge in [-0.05, 0) is 56.5 Å². The average molecular weight is 466 g/mol. The van der Waals surface area contributed by atoms with E-state index in [9.17, 15) is 9.59 Å². The predicted octanol–water partition coefficient (Wildman–Crippen LogP) is 4.96. The number of aromatic nitrogens is 2. The molecule has 3 aromatic rings. The predicted molar refractivity (Wildman–Crippen MR) is 132 cm³/mol. The molecule has 4 rings (SSSR count). The fraction of sp³-hybridized carbons (Fsp3) is 0.320. The molecule has 2 aromatic carbocycles. The molecule has 1 fully saturated rings. The Kier molecular flexibility index (Phi) is 6.70. The van der Waals surface area contributed by atoms with Gasteiger partial charge in [-0.25, -0.2) is 4.68 Å². The zero-order valence-corrected chi connectivity index (χ0v) is 19.8. The van der Waals surface area contributed by atoms with E-state index < -0.39 is 0 Å². The van der Waals surface area contributed by atoms with Crippen molar-refractivity contribution in [2.75, 3.05) is 28.6 Å². The minimum absolute atomic E-state index is 0.0183. The third-order valence-corrected chi connectivity index (χ3v) is 6.20. The number of hydrogen-bond acceptors (Lipinski definition) is 4. The van der Waals surface area contributed by atoms with Crippen molar-refractivity contribution in [3.63, 3.8) is 0 Å². The highest BCUT2D eigenvalue weighted by atomic mass is 35.5. The summed E-state index contributed by atoms with van der Waals surface area (Å²) in [4.78, 5) is 27.0. The van der Waals surface area contributed by atoms with Crippen LogP contribution in [-0.4, -0.2) is 34.7 Å². The van der Waals surface area contributed by atoms with Crippen LogP contribution in [0.5, 0.6) is 0 Å². The van der Waals surface area contributed by atoms with Gasteiger partial charge in [0.1, 0.15) is 5.69 Å². The maximum Gasteiger partial charge on any atom is 0.227 e. The van der Waals surface area contributed by atoms with E-state index in [4.69, 9.17) is 16.7 Å². The van der Waals surface area contributed by atoms with Gasteiger partial charge in [0.15, 0.2) is 5.82 Å². The molecular formula is C25H28ClN5O2. The van der Waals surface area contributed by atoms with Crippen molar-refractivity contribution >= 4 is 40.6 Å². The Bertz CT molecular complexity index is 1170. The Labute approximate surface area is 198 Å². The van der Waals surface area contributed by atoms with Crippen molar-refractivity contribution in [1.29, 1.82) is 0 Å². The number of nitrogens with zero attached hydrogens (tertiary/aromatic N) is 3. The molecule has 33 heavy (non-hydrogen) atoms. The molecule has 172 valence electrons. The summed E-state index contributed by atoms with van der Waals surface area (Å²) in [6.07, 6.45) is 1.38. The zero-order chi connectivity index (χ0) is 23.5. The molecule has 0 atom stereocenters. The number of benzene rings is 2. The van der Waals surface area contributed by atoms with Gasteiger partial charge in [0.25, 0.3) is 0 Å². The zero-order valence-electron chi connectivity index (χ0n) is 19.1. The van der Waals surface area contributed by atoms with Crippen molar-refractivity contribution in [2.24, 2.45) is 5.92 Å². The lowest BCUT2D eigenvalue weighted by molar-refractivity contribution is -0.120. The number of carbonyl (C=O) groups is 2. The van der Waals surface area contributed by atoms with E-state index in [1.54, 1.807) is 0 Å². The molecule has 0 radical (unpaired) electrons. The molecule has 2 N–H and O–H groups in total. The smallest absolute Gasteiger partial charge is 0.227 e. The van der Waals surface area contributed by atoms with Crippen molar-refractivity contribution in [3.05, 3.63) is 64.8 Å². The van der Waals surface area contributed by atoms with Crippen LogP contribution in [0.2, 0.25) is 5.02 Å². The average Bonchev–Trinajstić information content (AvgIpc) is 3.11. The first-order chi connectivity index (χ1) is 15.8. The number of piperidine rings is 1. The highest BCUT2D eigenvalue weighted by Gasteiger charge is 2.30. The quantitative estimate of drug-likeness (QED) is 0.558. The fourth-order valence-electron chi connectivity index (χ4n) is 4.19. The Morgan fingerprint density at radius 2 is 1.73 bits per heavy atom. The molecule has 2 amide bonds. The molecule has 1 saturated heterocycles. The van der Waals surface area contributed by atoms with Gasteiger partial charge in [0.2, 0.25) is 11.8 Å². The molecule has 0 unspecified atom stereocenters. The molecule has 0 bridgehead atoms. The highest BCUT2D eigenvalue weighted by molar-refractivity contribution is 6.33. The van der Waals surface area contributed by atoms with Gasteiger partial charge in [0, 0.05) is 25.9 Å². The van der Waals surface area contributed by atoms with Gasteiger partial charge in [0.05, 0.1) is 22.1 Å². The van der Waals surface area contributed by atoms with Gasteiger partial charge in [-0.2, -0.15) is 5.10 Å². The molecule has 1 aliphatic rings. The molecule has 7 nitrogen and oxygen atoms in total. The number of rotatable bonds is 5. The van der Waals surface area contributed by atoms with Crippen LogP contribution in [0.4, 0.5) is 17.2 Å². The Morgan fingerprint density at radius 1 is 1.03 bits per heavy atom. The van der Waals surface area contributed by atoms with E-state index in [2.05, 4.69) is 15.5 Å². The summed E-state index contributed by atoms with van der Waals surface area (Å²) in [6, 6.07) is 15.5. The minimum Gasteiger partial charge on any atom is -0.355 e. The Balaban J connectivity index is 1.53. The van der Waals surface area contributed by atoms with E-state index >= 15 is 0 Å². The summed E-state index contributed by atoms with van der Waals surface area (Å²) in [7, 11) is 0. The number of nitrogens with one attached hydrogen (secondary N) is 2. The molecule has 0 saturated carbocycles. The van der Waals surface area contributed by atoms with Crippen LogP contribution >= 0.6 is 11.6 Å². The number of anilines is 3. The van der Waals surface area contributed by atoms with Crippen LogP contribution in [0.1, 0.15) is 31.0 Å². The van der Waals surface area contributed by atoms with E-state index in [1.807, 2.05) is 67.1 Å². The van der Waals surface area contributed by atoms with Crippen molar-refractivity contribution < 1.29 is 9.59 Å². The van der Waals surface area contributed by atoms with E-state index in [-0.39, 0.29) is 17.7 Å². The minimum atomic E-state index is -0.142. The molecule has 1 aliphatic heterocycles. The van der Waals surface area contributed by atoms with E-state index in [0.29, 0.717) is 42.3 Å². The number of aryl methyl sites for hydroxylation is 2. The van der Waals surface area contributed by atoms with Gasteiger partial charge in [-0.3, -0.25) is 9.59 Å². The molecule has 1 aromatic heterocycles. The summed E-state index contributed by atoms with van der Waals surface area (Å²) >= 11 is 6.29. The molecule has 0 aliphatic carbocycles. The Hall–Kier alpha value is -3.32. The second-order valence-corrected chi connectivity index (χ2v) is 8.85. The van der Waals surface area contributed by atoms with Crippen LogP contribution in [-0.2, 0) is 9.59 Å². The van der Waals surface area contributed by atoms with Crippen molar-refractivity contribution in [3.8, 4) is 5.69 Å². The first kappa shape index (κ1) is 22.9. The van der Waals surface area contributed by atoms with Gasteiger partial charge >= 0.3 is 0 Å². The molecular weight excluding hydrogens is 438 g/mol. The summed E-state index contributed by atoms with van der Waals surface area (Å²) in [6.45, 7) is 6.69. The first-order valence-electron chi connectivity index (χ1n) is 11.1. The van der Waals surface area contributed by atoms with Crippen LogP contribution in [0.3, 0.4) is 0 Å².